The van der Waals surface area contributed by atoms with E-state index in [9.17, 15) is 13.2 Å². The van der Waals surface area contributed by atoms with Crippen LogP contribution in [0, 0.1) is 11.3 Å². The van der Waals surface area contributed by atoms with Crippen LogP contribution in [0.25, 0.3) is 0 Å². The Labute approximate surface area is 184 Å². The highest BCUT2D eigenvalue weighted by molar-refractivity contribution is 7.92. The second-order valence-electron chi connectivity index (χ2n) is 8.65. The summed E-state index contributed by atoms with van der Waals surface area (Å²) >= 11 is 0. The minimum Gasteiger partial charge on any atom is -0.492 e. The van der Waals surface area contributed by atoms with Crippen molar-refractivity contribution in [2.24, 2.45) is 11.3 Å². The fraction of sp³-hybridized carbons (Fsp3) is 0.435. The summed E-state index contributed by atoms with van der Waals surface area (Å²) in [5, 5.41) is 0. The normalized spacial score (nSPS) is 15.8. The van der Waals surface area contributed by atoms with Gasteiger partial charge in [0, 0.05) is 12.6 Å². The Morgan fingerprint density at radius 3 is 2.58 bits per heavy atom. The third-order valence-electron chi connectivity index (χ3n) is 4.90. The molecular weight excluding hydrogens is 416 g/mol. The SMILES string of the molecule is CCOc1ccccc1S(=O)(=O)Nc1ccc2c(c1)OCC(C)(C)C(=O)N2CC(C)C. The largest absolute Gasteiger partial charge is 0.492 e. The number of rotatable bonds is 7. The molecule has 0 aromatic heterocycles. The molecule has 1 heterocycles. The zero-order valence-electron chi connectivity index (χ0n) is 18.6. The summed E-state index contributed by atoms with van der Waals surface area (Å²) in [6.45, 7) is 10.7. The standard InChI is InChI=1S/C23H30N2O5S/c1-6-29-19-9-7-8-10-21(19)31(27,28)24-17-11-12-18-20(13-17)30-15-23(4,5)22(26)25(18)14-16(2)3/h7-13,16,24H,6,14-15H2,1-5H3. The van der Waals surface area contributed by atoms with Crippen LogP contribution >= 0.6 is 0 Å². The van der Waals surface area contributed by atoms with Gasteiger partial charge in [0.2, 0.25) is 5.91 Å². The van der Waals surface area contributed by atoms with Crippen molar-refractivity contribution in [1.82, 2.24) is 0 Å². The highest BCUT2D eigenvalue weighted by Crippen LogP contribution is 2.39. The fourth-order valence-corrected chi connectivity index (χ4v) is 4.61. The maximum Gasteiger partial charge on any atom is 0.265 e. The van der Waals surface area contributed by atoms with E-state index in [-0.39, 0.29) is 23.3 Å². The van der Waals surface area contributed by atoms with Crippen molar-refractivity contribution in [3.8, 4) is 11.5 Å². The Morgan fingerprint density at radius 2 is 1.90 bits per heavy atom. The molecule has 0 spiro atoms. The fourth-order valence-electron chi connectivity index (χ4n) is 3.41. The van der Waals surface area contributed by atoms with Crippen LogP contribution in [0.2, 0.25) is 0 Å². The van der Waals surface area contributed by atoms with E-state index in [0.29, 0.717) is 36.0 Å². The second-order valence-corrected chi connectivity index (χ2v) is 10.3. The van der Waals surface area contributed by atoms with Crippen LogP contribution in [-0.4, -0.2) is 34.1 Å². The summed E-state index contributed by atoms with van der Waals surface area (Å²) in [7, 11) is -3.88. The first kappa shape index (κ1) is 22.9. The number of fused-ring (bicyclic) bond motifs is 1. The number of sulfonamides is 1. The first-order valence-corrected chi connectivity index (χ1v) is 11.9. The van der Waals surface area contributed by atoms with E-state index in [1.807, 2.05) is 27.7 Å². The Bertz CT molecular complexity index is 1060. The number of para-hydroxylation sites is 1. The van der Waals surface area contributed by atoms with Gasteiger partial charge in [-0.05, 0) is 51.0 Å². The number of carbonyl (C=O) groups is 1. The van der Waals surface area contributed by atoms with Crippen molar-refractivity contribution in [3.05, 3.63) is 42.5 Å². The lowest BCUT2D eigenvalue weighted by Crippen LogP contribution is -2.43. The summed E-state index contributed by atoms with van der Waals surface area (Å²) in [6.07, 6.45) is 0. The van der Waals surface area contributed by atoms with Crippen LogP contribution in [0.4, 0.5) is 11.4 Å². The van der Waals surface area contributed by atoms with Gasteiger partial charge in [-0.1, -0.05) is 26.0 Å². The summed E-state index contributed by atoms with van der Waals surface area (Å²) in [5.74, 6) is 1.01. The molecule has 1 aliphatic heterocycles. The lowest BCUT2D eigenvalue weighted by Gasteiger charge is -2.29. The molecule has 1 N–H and O–H groups in total. The molecule has 3 rings (SSSR count). The highest BCUT2D eigenvalue weighted by Gasteiger charge is 2.38. The van der Waals surface area contributed by atoms with Crippen LogP contribution < -0.4 is 19.1 Å². The van der Waals surface area contributed by atoms with Crippen LogP contribution in [0.5, 0.6) is 11.5 Å². The molecule has 31 heavy (non-hydrogen) atoms. The third kappa shape index (κ3) is 4.95. The van der Waals surface area contributed by atoms with E-state index in [0.717, 1.165) is 0 Å². The van der Waals surface area contributed by atoms with Gasteiger partial charge in [0.1, 0.15) is 23.0 Å². The van der Waals surface area contributed by atoms with Gasteiger partial charge in [0.25, 0.3) is 10.0 Å². The smallest absolute Gasteiger partial charge is 0.265 e. The molecule has 2 aromatic carbocycles. The number of ether oxygens (including phenoxy) is 2. The molecule has 1 aliphatic rings. The van der Waals surface area contributed by atoms with E-state index in [2.05, 4.69) is 4.72 Å². The summed E-state index contributed by atoms with van der Waals surface area (Å²) in [5.41, 5.74) is 0.299. The molecule has 0 unspecified atom stereocenters. The monoisotopic (exact) mass is 446 g/mol. The van der Waals surface area contributed by atoms with Crippen molar-refractivity contribution >= 4 is 27.3 Å². The Balaban J connectivity index is 1.96. The van der Waals surface area contributed by atoms with E-state index in [1.165, 1.54) is 6.07 Å². The molecule has 0 atom stereocenters. The number of amides is 1. The molecule has 0 aliphatic carbocycles. The van der Waals surface area contributed by atoms with Gasteiger partial charge in [-0.25, -0.2) is 8.42 Å². The predicted molar refractivity (Wildman–Crippen MR) is 121 cm³/mol. The van der Waals surface area contributed by atoms with Gasteiger partial charge < -0.3 is 14.4 Å². The Hall–Kier alpha value is -2.74. The molecule has 7 nitrogen and oxygen atoms in total. The predicted octanol–water partition coefficient (Wildman–Crippen LogP) is 4.29. The van der Waals surface area contributed by atoms with Crippen molar-refractivity contribution in [2.45, 2.75) is 39.5 Å². The van der Waals surface area contributed by atoms with Crippen molar-refractivity contribution in [3.63, 3.8) is 0 Å². The molecule has 0 saturated heterocycles. The number of hydrogen-bond donors (Lipinski definition) is 1. The molecule has 0 bridgehead atoms. The average molecular weight is 447 g/mol. The van der Waals surface area contributed by atoms with Gasteiger partial charge in [-0.3, -0.25) is 9.52 Å². The molecule has 0 radical (unpaired) electrons. The topological polar surface area (TPSA) is 84.9 Å². The first-order chi connectivity index (χ1) is 14.5. The van der Waals surface area contributed by atoms with Crippen molar-refractivity contribution in [2.75, 3.05) is 29.4 Å². The average Bonchev–Trinajstić information content (AvgIpc) is 2.78. The number of nitrogens with one attached hydrogen (secondary N) is 1. The quantitative estimate of drug-likeness (QED) is 0.686. The molecule has 0 saturated carbocycles. The molecular formula is C23H30N2O5S. The lowest BCUT2D eigenvalue weighted by molar-refractivity contribution is -0.127. The van der Waals surface area contributed by atoms with Crippen LogP contribution in [0.3, 0.4) is 0 Å². The Morgan fingerprint density at radius 1 is 1.19 bits per heavy atom. The van der Waals surface area contributed by atoms with Crippen LogP contribution in [0.15, 0.2) is 47.4 Å². The number of anilines is 2. The number of benzene rings is 2. The van der Waals surface area contributed by atoms with Crippen molar-refractivity contribution < 1.29 is 22.7 Å². The number of nitrogens with zero attached hydrogens (tertiary/aromatic N) is 1. The number of carbonyl (C=O) groups excluding carboxylic acids is 1. The third-order valence-corrected chi connectivity index (χ3v) is 6.32. The molecule has 168 valence electrons. The van der Waals surface area contributed by atoms with Crippen LogP contribution in [0.1, 0.15) is 34.6 Å². The van der Waals surface area contributed by atoms with Gasteiger partial charge >= 0.3 is 0 Å². The maximum atomic E-state index is 13.1. The lowest BCUT2D eigenvalue weighted by atomic mass is 9.92. The van der Waals surface area contributed by atoms with Crippen LogP contribution in [-0.2, 0) is 14.8 Å². The Kier molecular flexibility index (Phi) is 6.50. The van der Waals surface area contributed by atoms with Gasteiger partial charge in [-0.2, -0.15) is 0 Å². The van der Waals surface area contributed by atoms with Gasteiger partial charge in [0.15, 0.2) is 0 Å². The number of hydrogen-bond acceptors (Lipinski definition) is 5. The summed E-state index contributed by atoms with van der Waals surface area (Å²) in [4.78, 5) is 14.9. The zero-order valence-corrected chi connectivity index (χ0v) is 19.5. The van der Waals surface area contributed by atoms with E-state index in [4.69, 9.17) is 9.47 Å². The second kappa shape index (κ2) is 8.78. The van der Waals surface area contributed by atoms with Gasteiger partial charge in [-0.15, -0.1) is 0 Å². The summed E-state index contributed by atoms with van der Waals surface area (Å²) in [6, 6.07) is 11.5. The van der Waals surface area contributed by atoms with E-state index < -0.39 is 15.4 Å². The minimum atomic E-state index is -3.88. The highest BCUT2D eigenvalue weighted by atomic mass is 32.2. The van der Waals surface area contributed by atoms with Crippen molar-refractivity contribution in [1.29, 1.82) is 0 Å². The molecule has 1 amide bonds. The minimum absolute atomic E-state index is 0.0149. The molecule has 2 aromatic rings. The van der Waals surface area contributed by atoms with E-state index in [1.54, 1.807) is 48.2 Å². The molecule has 8 heteroatoms. The maximum absolute atomic E-state index is 13.1. The molecule has 0 fully saturated rings. The van der Waals surface area contributed by atoms with Gasteiger partial charge in [0.05, 0.1) is 23.4 Å². The zero-order chi connectivity index (χ0) is 22.8. The van der Waals surface area contributed by atoms with E-state index >= 15 is 0 Å². The first-order valence-electron chi connectivity index (χ1n) is 10.4. The summed E-state index contributed by atoms with van der Waals surface area (Å²) < 4.78 is 40.0.